The van der Waals surface area contributed by atoms with Gasteiger partial charge < -0.3 is 15.3 Å². The second-order valence-corrected chi connectivity index (χ2v) is 4.33. The van der Waals surface area contributed by atoms with Gasteiger partial charge in [-0.15, -0.1) is 0 Å². The molecule has 1 fully saturated rings. The number of nitrogens with zero attached hydrogens (tertiary/aromatic N) is 1. The molecule has 4 nitrogen and oxygen atoms in total. The Labute approximate surface area is 101 Å². The molecule has 1 amide bonds. The van der Waals surface area contributed by atoms with E-state index in [1.54, 1.807) is 24.3 Å². The number of phenols is 1. The number of amides is 1. The summed E-state index contributed by atoms with van der Waals surface area (Å²) in [4.78, 5) is 14.0. The number of aromatic hydroxyl groups is 1. The predicted octanol–water partition coefficient (Wildman–Crippen LogP) is 0.757. The number of carbonyl (C=O) groups is 1. The standard InChI is InChI=1S/C13H18N2O2/c16-12-4-2-11(3-5-12)10-13(17)15-8-1-6-14-7-9-15/h2-5,14,16H,1,6-10H2. The largest absolute Gasteiger partial charge is 0.508 e. The predicted molar refractivity (Wildman–Crippen MR) is 65.9 cm³/mol. The zero-order valence-corrected chi connectivity index (χ0v) is 9.85. The van der Waals surface area contributed by atoms with Gasteiger partial charge in [-0.25, -0.2) is 0 Å². The number of hydrogen-bond donors (Lipinski definition) is 2. The van der Waals surface area contributed by atoms with Crippen LogP contribution in [-0.2, 0) is 11.2 Å². The van der Waals surface area contributed by atoms with Crippen molar-refractivity contribution in [1.82, 2.24) is 10.2 Å². The van der Waals surface area contributed by atoms with E-state index in [9.17, 15) is 9.90 Å². The zero-order chi connectivity index (χ0) is 12.1. The van der Waals surface area contributed by atoms with Crippen LogP contribution in [0.3, 0.4) is 0 Å². The van der Waals surface area contributed by atoms with E-state index < -0.39 is 0 Å². The third-order valence-corrected chi connectivity index (χ3v) is 2.98. The maximum absolute atomic E-state index is 12.0. The molecule has 1 heterocycles. The molecule has 1 aliphatic heterocycles. The minimum atomic E-state index is 0.166. The molecule has 2 rings (SSSR count). The second-order valence-electron chi connectivity index (χ2n) is 4.33. The Kier molecular flexibility index (Phi) is 3.98. The van der Waals surface area contributed by atoms with Crippen LogP contribution >= 0.6 is 0 Å². The normalized spacial score (nSPS) is 16.6. The first-order chi connectivity index (χ1) is 8.25. The first kappa shape index (κ1) is 11.9. The lowest BCUT2D eigenvalue weighted by atomic mass is 10.1. The monoisotopic (exact) mass is 234 g/mol. The van der Waals surface area contributed by atoms with E-state index in [1.165, 1.54) is 0 Å². The summed E-state index contributed by atoms with van der Waals surface area (Å²) in [6.07, 6.45) is 1.43. The fourth-order valence-electron chi connectivity index (χ4n) is 2.00. The summed E-state index contributed by atoms with van der Waals surface area (Å²) >= 11 is 0. The highest BCUT2D eigenvalue weighted by atomic mass is 16.3. The Morgan fingerprint density at radius 2 is 2.00 bits per heavy atom. The average molecular weight is 234 g/mol. The van der Waals surface area contributed by atoms with Gasteiger partial charge in [0.25, 0.3) is 0 Å². The van der Waals surface area contributed by atoms with Crippen molar-refractivity contribution in [1.29, 1.82) is 0 Å². The number of benzene rings is 1. The van der Waals surface area contributed by atoms with E-state index in [4.69, 9.17) is 0 Å². The number of nitrogens with one attached hydrogen (secondary N) is 1. The van der Waals surface area contributed by atoms with Crippen LogP contribution < -0.4 is 5.32 Å². The molecule has 2 N–H and O–H groups in total. The lowest BCUT2D eigenvalue weighted by molar-refractivity contribution is -0.130. The van der Waals surface area contributed by atoms with Crippen LogP contribution in [0, 0.1) is 0 Å². The summed E-state index contributed by atoms with van der Waals surface area (Å²) in [6, 6.07) is 6.83. The Hall–Kier alpha value is -1.55. The highest BCUT2D eigenvalue weighted by Crippen LogP contribution is 2.11. The van der Waals surface area contributed by atoms with Crippen molar-refractivity contribution in [2.45, 2.75) is 12.8 Å². The lowest BCUT2D eigenvalue weighted by Gasteiger charge is -2.19. The molecule has 0 unspecified atom stereocenters. The first-order valence-electron chi connectivity index (χ1n) is 6.02. The van der Waals surface area contributed by atoms with E-state index in [1.807, 2.05) is 4.90 Å². The van der Waals surface area contributed by atoms with Crippen LogP contribution in [0.15, 0.2) is 24.3 Å². The lowest BCUT2D eigenvalue weighted by Crippen LogP contribution is -2.35. The molecule has 17 heavy (non-hydrogen) atoms. The maximum atomic E-state index is 12.0. The van der Waals surface area contributed by atoms with Crippen molar-refractivity contribution >= 4 is 5.91 Å². The first-order valence-corrected chi connectivity index (χ1v) is 6.02. The molecule has 0 bridgehead atoms. The van der Waals surface area contributed by atoms with Gasteiger partial charge in [-0.2, -0.15) is 0 Å². The molecular formula is C13H18N2O2. The fraction of sp³-hybridized carbons (Fsp3) is 0.462. The molecule has 0 aliphatic carbocycles. The molecule has 4 heteroatoms. The molecule has 1 aromatic rings. The SMILES string of the molecule is O=C(Cc1ccc(O)cc1)N1CCCNCC1. The number of hydrogen-bond acceptors (Lipinski definition) is 3. The third-order valence-electron chi connectivity index (χ3n) is 2.98. The van der Waals surface area contributed by atoms with Gasteiger partial charge in [0, 0.05) is 19.6 Å². The number of rotatable bonds is 2. The van der Waals surface area contributed by atoms with Crippen LogP contribution in [0.1, 0.15) is 12.0 Å². The van der Waals surface area contributed by atoms with Crippen LogP contribution in [0.2, 0.25) is 0 Å². The molecule has 1 aliphatic rings. The highest BCUT2D eigenvalue weighted by Gasteiger charge is 2.15. The van der Waals surface area contributed by atoms with Crippen LogP contribution in [0.25, 0.3) is 0 Å². The van der Waals surface area contributed by atoms with Crippen LogP contribution in [0.4, 0.5) is 0 Å². The van der Waals surface area contributed by atoms with Crippen molar-refractivity contribution in [3.05, 3.63) is 29.8 Å². The van der Waals surface area contributed by atoms with E-state index >= 15 is 0 Å². The van der Waals surface area contributed by atoms with Gasteiger partial charge in [0.15, 0.2) is 0 Å². The smallest absolute Gasteiger partial charge is 0.227 e. The molecule has 0 atom stereocenters. The summed E-state index contributed by atoms with van der Waals surface area (Å²) in [5.41, 5.74) is 0.949. The highest BCUT2D eigenvalue weighted by molar-refractivity contribution is 5.78. The fourth-order valence-corrected chi connectivity index (χ4v) is 2.00. The Bertz CT molecular complexity index is 368. The van der Waals surface area contributed by atoms with Gasteiger partial charge in [0.2, 0.25) is 5.91 Å². The van der Waals surface area contributed by atoms with Crippen LogP contribution in [-0.4, -0.2) is 42.1 Å². The van der Waals surface area contributed by atoms with Gasteiger partial charge in [-0.05, 0) is 30.7 Å². The molecule has 0 radical (unpaired) electrons. The maximum Gasteiger partial charge on any atom is 0.227 e. The second kappa shape index (κ2) is 5.68. The molecule has 0 saturated carbocycles. The van der Waals surface area contributed by atoms with E-state index in [2.05, 4.69) is 5.32 Å². The number of carbonyl (C=O) groups excluding carboxylic acids is 1. The Balaban J connectivity index is 1.93. The summed E-state index contributed by atoms with van der Waals surface area (Å²) in [5, 5.41) is 12.4. The third kappa shape index (κ3) is 3.46. The minimum Gasteiger partial charge on any atom is -0.508 e. The summed E-state index contributed by atoms with van der Waals surface area (Å²) in [5.74, 6) is 0.402. The molecule has 1 saturated heterocycles. The zero-order valence-electron chi connectivity index (χ0n) is 9.85. The average Bonchev–Trinajstić information content (AvgIpc) is 2.61. The Morgan fingerprint density at radius 1 is 1.24 bits per heavy atom. The van der Waals surface area contributed by atoms with Gasteiger partial charge in [-0.3, -0.25) is 4.79 Å². The van der Waals surface area contributed by atoms with Crippen molar-refractivity contribution in [3.8, 4) is 5.75 Å². The van der Waals surface area contributed by atoms with E-state index in [0.29, 0.717) is 6.42 Å². The number of phenolic OH excluding ortho intramolecular Hbond substituents is 1. The molecular weight excluding hydrogens is 216 g/mol. The molecule has 0 aromatic heterocycles. The van der Waals surface area contributed by atoms with E-state index in [-0.39, 0.29) is 11.7 Å². The molecule has 92 valence electrons. The topological polar surface area (TPSA) is 52.6 Å². The van der Waals surface area contributed by atoms with Gasteiger partial charge in [0.05, 0.1) is 6.42 Å². The van der Waals surface area contributed by atoms with Crippen molar-refractivity contribution in [2.75, 3.05) is 26.2 Å². The van der Waals surface area contributed by atoms with Crippen LogP contribution in [0.5, 0.6) is 5.75 Å². The van der Waals surface area contributed by atoms with Gasteiger partial charge in [0.1, 0.15) is 5.75 Å². The van der Waals surface area contributed by atoms with Crippen molar-refractivity contribution < 1.29 is 9.90 Å². The molecule has 0 spiro atoms. The quantitative estimate of drug-likeness (QED) is 0.794. The summed E-state index contributed by atoms with van der Waals surface area (Å²) < 4.78 is 0. The van der Waals surface area contributed by atoms with Gasteiger partial charge >= 0.3 is 0 Å². The summed E-state index contributed by atoms with van der Waals surface area (Å²) in [7, 11) is 0. The van der Waals surface area contributed by atoms with E-state index in [0.717, 1.165) is 38.2 Å². The summed E-state index contributed by atoms with van der Waals surface area (Å²) in [6.45, 7) is 3.49. The Morgan fingerprint density at radius 3 is 2.76 bits per heavy atom. The van der Waals surface area contributed by atoms with Crippen molar-refractivity contribution in [3.63, 3.8) is 0 Å². The molecule has 1 aromatic carbocycles. The van der Waals surface area contributed by atoms with Gasteiger partial charge in [-0.1, -0.05) is 12.1 Å². The minimum absolute atomic E-state index is 0.166. The van der Waals surface area contributed by atoms with Crippen molar-refractivity contribution in [2.24, 2.45) is 0 Å².